The first-order chi connectivity index (χ1) is 8.19. The first-order valence-electron chi connectivity index (χ1n) is 4.82. The van der Waals surface area contributed by atoms with Crippen LogP contribution in [0.15, 0.2) is 24.5 Å². The minimum absolute atomic E-state index is 0.246. The number of aromatic nitrogens is 3. The molecule has 0 unspecified atom stereocenters. The Balaban J connectivity index is 2.44. The molecule has 88 valence electrons. The molecule has 2 rings (SSSR count). The maximum Gasteiger partial charge on any atom is 0.156 e. The van der Waals surface area contributed by atoms with Crippen molar-refractivity contribution in [3.8, 4) is 11.3 Å². The van der Waals surface area contributed by atoms with Crippen molar-refractivity contribution < 1.29 is 9.13 Å². The summed E-state index contributed by atoms with van der Waals surface area (Å²) >= 11 is 5.85. The van der Waals surface area contributed by atoms with E-state index in [4.69, 9.17) is 16.3 Å². The zero-order chi connectivity index (χ0) is 12.3. The van der Waals surface area contributed by atoms with E-state index in [0.717, 1.165) is 6.20 Å². The molecule has 6 heteroatoms. The quantitative estimate of drug-likeness (QED) is 0.789. The molecule has 0 spiro atoms. The molecule has 0 aliphatic rings. The van der Waals surface area contributed by atoms with Crippen molar-refractivity contribution in [2.24, 2.45) is 0 Å². The van der Waals surface area contributed by atoms with Gasteiger partial charge in [-0.3, -0.25) is 4.98 Å². The molecule has 0 saturated carbocycles. The highest BCUT2D eigenvalue weighted by Gasteiger charge is 2.06. The molecule has 0 fully saturated rings. The summed E-state index contributed by atoms with van der Waals surface area (Å²) in [5, 5.41) is 0.284. The number of halogens is 2. The lowest BCUT2D eigenvalue weighted by molar-refractivity contribution is 0.178. The van der Waals surface area contributed by atoms with Crippen LogP contribution in [-0.2, 0) is 11.3 Å². The van der Waals surface area contributed by atoms with Gasteiger partial charge in [-0.05, 0) is 6.07 Å². The van der Waals surface area contributed by atoms with E-state index in [2.05, 4.69) is 15.0 Å². The van der Waals surface area contributed by atoms with Crippen LogP contribution >= 0.6 is 11.6 Å². The Bertz CT molecular complexity index is 536. The predicted molar refractivity (Wildman–Crippen MR) is 60.9 cm³/mol. The lowest BCUT2D eigenvalue weighted by Gasteiger charge is -2.04. The summed E-state index contributed by atoms with van der Waals surface area (Å²) in [6.07, 6.45) is 2.64. The summed E-state index contributed by atoms with van der Waals surface area (Å²) < 4.78 is 18.0. The molecule has 0 radical (unpaired) electrons. The summed E-state index contributed by atoms with van der Waals surface area (Å²) in [7, 11) is 1.54. The second kappa shape index (κ2) is 5.16. The Morgan fingerprint density at radius 3 is 2.82 bits per heavy atom. The lowest BCUT2D eigenvalue weighted by atomic mass is 10.2. The smallest absolute Gasteiger partial charge is 0.156 e. The Labute approximate surface area is 102 Å². The van der Waals surface area contributed by atoms with Gasteiger partial charge in [-0.2, -0.15) is 0 Å². The summed E-state index contributed by atoms with van der Waals surface area (Å²) in [5.41, 5.74) is 1.07. The molecule has 0 atom stereocenters. The highest BCUT2D eigenvalue weighted by molar-refractivity contribution is 6.29. The topological polar surface area (TPSA) is 47.9 Å². The Morgan fingerprint density at radius 2 is 2.12 bits per heavy atom. The van der Waals surface area contributed by atoms with Crippen LogP contribution < -0.4 is 0 Å². The van der Waals surface area contributed by atoms with Crippen molar-refractivity contribution in [1.29, 1.82) is 0 Å². The third-order valence-corrected chi connectivity index (χ3v) is 2.21. The van der Waals surface area contributed by atoms with Crippen LogP contribution in [0, 0.1) is 5.82 Å². The first kappa shape index (κ1) is 11.9. The third-order valence-electron chi connectivity index (χ3n) is 2.02. The molecule has 2 aromatic rings. The number of nitrogens with zero attached hydrogens (tertiary/aromatic N) is 3. The summed E-state index contributed by atoms with van der Waals surface area (Å²) in [6, 6.07) is 2.89. The Morgan fingerprint density at radius 1 is 1.29 bits per heavy atom. The van der Waals surface area contributed by atoms with Crippen LogP contribution in [0.25, 0.3) is 11.3 Å². The second-order valence-corrected chi connectivity index (χ2v) is 3.70. The fourth-order valence-electron chi connectivity index (χ4n) is 1.36. The molecule has 17 heavy (non-hydrogen) atoms. The van der Waals surface area contributed by atoms with Crippen LogP contribution in [0.1, 0.15) is 5.82 Å². The predicted octanol–water partition coefficient (Wildman–Crippen LogP) is 2.48. The van der Waals surface area contributed by atoms with E-state index < -0.39 is 5.82 Å². The van der Waals surface area contributed by atoms with Crippen LogP contribution in [0.4, 0.5) is 4.39 Å². The fraction of sp³-hybridized carbons (Fsp3) is 0.182. The largest absolute Gasteiger partial charge is 0.377 e. The van der Waals surface area contributed by atoms with Gasteiger partial charge in [0.15, 0.2) is 5.82 Å². The molecule has 0 aromatic carbocycles. The molecule has 0 aliphatic carbocycles. The van der Waals surface area contributed by atoms with Crippen molar-refractivity contribution in [3.63, 3.8) is 0 Å². The van der Waals surface area contributed by atoms with Crippen molar-refractivity contribution in [1.82, 2.24) is 15.0 Å². The zero-order valence-electron chi connectivity index (χ0n) is 9.02. The van der Waals surface area contributed by atoms with E-state index in [1.54, 1.807) is 6.07 Å². The molecular weight excluding hydrogens is 245 g/mol. The maximum atomic E-state index is 13.0. The van der Waals surface area contributed by atoms with Gasteiger partial charge in [0.2, 0.25) is 0 Å². The first-order valence-corrected chi connectivity index (χ1v) is 5.20. The molecule has 0 bridgehead atoms. The standard InChI is InChI=1S/C11H9ClFN3O/c1-17-6-11-15-9(3-10(12)16-11)7-2-8(13)5-14-4-7/h2-5H,6H2,1H3. The van der Waals surface area contributed by atoms with E-state index in [9.17, 15) is 4.39 Å². The van der Waals surface area contributed by atoms with Crippen molar-refractivity contribution in [2.75, 3.05) is 7.11 Å². The van der Waals surface area contributed by atoms with Gasteiger partial charge in [-0.1, -0.05) is 11.6 Å². The summed E-state index contributed by atoms with van der Waals surface area (Å²) in [4.78, 5) is 12.0. The molecule has 2 heterocycles. The fourth-order valence-corrected chi connectivity index (χ4v) is 1.56. The zero-order valence-corrected chi connectivity index (χ0v) is 9.78. The molecule has 0 N–H and O–H groups in total. The van der Waals surface area contributed by atoms with Crippen LogP contribution in [0.2, 0.25) is 5.15 Å². The van der Waals surface area contributed by atoms with Crippen LogP contribution in [0.5, 0.6) is 0 Å². The third kappa shape index (κ3) is 2.95. The number of pyridine rings is 1. The molecule has 0 saturated heterocycles. The minimum Gasteiger partial charge on any atom is -0.377 e. The van der Waals surface area contributed by atoms with E-state index in [0.29, 0.717) is 17.1 Å². The molecule has 0 amide bonds. The van der Waals surface area contributed by atoms with Gasteiger partial charge < -0.3 is 4.74 Å². The average molecular weight is 254 g/mol. The number of rotatable bonds is 3. The van der Waals surface area contributed by atoms with E-state index in [1.807, 2.05) is 0 Å². The van der Waals surface area contributed by atoms with Gasteiger partial charge in [0.05, 0.1) is 11.9 Å². The van der Waals surface area contributed by atoms with Crippen molar-refractivity contribution >= 4 is 11.6 Å². The van der Waals surface area contributed by atoms with Crippen LogP contribution in [0.3, 0.4) is 0 Å². The van der Waals surface area contributed by atoms with Gasteiger partial charge >= 0.3 is 0 Å². The number of hydrogen-bond donors (Lipinski definition) is 0. The van der Waals surface area contributed by atoms with Gasteiger partial charge in [-0.15, -0.1) is 0 Å². The minimum atomic E-state index is -0.425. The number of ether oxygens (including phenoxy) is 1. The van der Waals surface area contributed by atoms with Gasteiger partial charge in [0.1, 0.15) is 17.6 Å². The second-order valence-electron chi connectivity index (χ2n) is 3.32. The van der Waals surface area contributed by atoms with Gasteiger partial charge in [0, 0.05) is 24.9 Å². The van der Waals surface area contributed by atoms with Crippen molar-refractivity contribution in [2.45, 2.75) is 6.61 Å². The molecule has 0 aliphatic heterocycles. The molecule has 2 aromatic heterocycles. The highest BCUT2D eigenvalue weighted by atomic mass is 35.5. The normalized spacial score (nSPS) is 10.5. The highest BCUT2D eigenvalue weighted by Crippen LogP contribution is 2.19. The SMILES string of the molecule is COCc1nc(Cl)cc(-c2cncc(F)c2)n1. The van der Waals surface area contributed by atoms with Crippen LogP contribution in [-0.4, -0.2) is 22.1 Å². The molecule has 4 nitrogen and oxygen atoms in total. The van der Waals surface area contributed by atoms with E-state index in [1.165, 1.54) is 19.4 Å². The Kier molecular flexibility index (Phi) is 3.61. The van der Waals surface area contributed by atoms with Gasteiger partial charge in [0.25, 0.3) is 0 Å². The number of methoxy groups -OCH3 is 1. The van der Waals surface area contributed by atoms with Gasteiger partial charge in [-0.25, -0.2) is 14.4 Å². The van der Waals surface area contributed by atoms with E-state index in [-0.39, 0.29) is 11.8 Å². The van der Waals surface area contributed by atoms with Crippen molar-refractivity contribution in [3.05, 3.63) is 41.3 Å². The summed E-state index contributed by atoms with van der Waals surface area (Å²) in [5.74, 6) is 0.0183. The summed E-state index contributed by atoms with van der Waals surface area (Å²) in [6.45, 7) is 0.246. The maximum absolute atomic E-state index is 13.0. The number of hydrogen-bond acceptors (Lipinski definition) is 4. The lowest BCUT2D eigenvalue weighted by Crippen LogP contribution is -1.99. The Hall–Kier alpha value is -1.59. The monoisotopic (exact) mass is 253 g/mol. The van der Waals surface area contributed by atoms with E-state index >= 15 is 0 Å². The average Bonchev–Trinajstić information content (AvgIpc) is 2.28. The molecular formula is C11H9ClFN3O.